The second-order valence-electron chi connectivity index (χ2n) is 3.10. The van der Waals surface area contributed by atoms with Gasteiger partial charge in [0, 0.05) is 24.7 Å². The van der Waals surface area contributed by atoms with E-state index in [0.29, 0.717) is 11.2 Å². The van der Waals surface area contributed by atoms with Crippen LogP contribution in [0.3, 0.4) is 0 Å². The van der Waals surface area contributed by atoms with Gasteiger partial charge < -0.3 is 5.32 Å². The molecular weight excluding hydrogens is 196 g/mol. The van der Waals surface area contributed by atoms with Crippen molar-refractivity contribution in [3.63, 3.8) is 0 Å². The largest absolute Gasteiger partial charge is 0.310 e. The number of hydrogen-bond acceptors (Lipinski definition) is 2. The van der Waals surface area contributed by atoms with Gasteiger partial charge in [0.25, 0.3) is 0 Å². The number of nitrogens with one attached hydrogen (secondary N) is 1. The second kappa shape index (κ2) is 5.13. The molecule has 0 amide bonds. The Hall–Kier alpha value is -0.860. The zero-order valence-electron chi connectivity index (χ0n) is 8.39. The first-order valence-electron chi connectivity index (χ1n) is 4.66. The van der Waals surface area contributed by atoms with Crippen molar-refractivity contribution in [2.75, 3.05) is 6.54 Å². The highest BCUT2D eigenvalue weighted by Gasteiger charge is 2.16. The lowest BCUT2D eigenvalue weighted by Gasteiger charge is -2.22. The van der Waals surface area contributed by atoms with Crippen molar-refractivity contribution >= 4 is 11.6 Å². The summed E-state index contributed by atoms with van der Waals surface area (Å²) < 4.78 is 0. The summed E-state index contributed by atoms with van der Waals surface area (Å²) in [5.74, 6) is 0. The molecule has 1 unspecified atom stereocenters. The topological polar surface area (TPSA) is 24.9 Å². The van der Waals surface area contributed by atoms with Crippen molar-refractivity contribution in [2.45, 2.75) is 19.4 Å². The van der Waals surface area contributed by atoms with Gasteiger partial charge in [0.1, 0.15) is 5.15 Å². The lowest BCUT2D eigenvalue weighted by molar-refractivity contribution is 0.532. The number of nitrogens with zero attached hydrogens (tertiary/aromatic N) is 1. The highest BCUT2D eigenvalue weighted by atomic mass is 35.5. The molecule has 1 aliphatic rings. The van der Waals surface area contributed by atoms with E-state index in [9.17, 15) is 0 Å². The van der Waals surface area contributed by atoms with Crippen molar-refractivity contribution in [3.05, 3.63) is 41.7 Å². The SMILES string of the molecule is C=C.CC1NCCc2nc(Cl)ccc21. The molecule has 0 radical (unpaired) electrons. The Morgan fingerprint density at radius 2 is 2.21 bits per heavy atom. The minimum Gasteiger partial charge on any atom is -0.310 e. The van der Waals surface area contributed by atoms with E-state index < -0.39 is 0 Å². The van der Waals surface area contributed by atoms with E-state index in [1.807, 2.05) is 6.07 Å². The van der Waals surface area contributed by atoms with Crippen LogP contribution in [-0.4, -0.2) is 11.5 Å². The van der Waals surface area contributed by atoms with Crippen molar-refractivity contribution in [1.82, 2.24) is 10.3 Å². The van der Waals surface area contributed by atoms with Gasteiger partial charge in [-0.15, -0.1) is 13.2 Å². The van der Waals surface area contributed by atoms with Crippen LogP contribution in [0.15, 0.2) is 25.3 Å². The van der Waals surface area contributed by atoms with E-state index in [4.69, 9.17) is 11.6 Å². The summed E-state index contributed by atoms with van der Waals surface area (Å²) in [4.78, 5) is 4.29. The molecule has 1 aliphatic heterocycles. The van der Waals surface area contributed by atoms with Gasteiger partial charge in [-0.05, 0) is 18.6 Å². The maximum atomic E-state index is 5.79. The van der Waals surface area contributed by atoms with Gasteiger partial charge in [-0.25, -0.2) is 4.98 Å². The first kappa shape index (κ1) is 11.2. The normalized spacial score (nSPS) is 19.1. The number of fused-ring (bicyclic) bond motifs is 1. The smallest absolute Gasteiger partial charge is 0.129 e. The van der Waals surface area contributed by atoms with Gasteiger partial charge in [0.15, 0.2) is 0 Å². The van der Waals surface area contributed by atoms with Crippen LogP contribution in [0.1, 0.15) is 24.2 Å². The Bertz CT molecular complexity index is 312. The number of pyridine rings is 1. The summed E-state index contributed by atoms with van der Waals surface area (Å²) in [7, 11) is 0. The van der Waals surface area contributed by atoms with Gasteiger partial charge in [0.05, 0.1) is 0 Å². The summed E-state index contributed by atoms with van der Waals surface area (Å²) in [6.45, 7) is 9.15. The van der Waals surface area contributed by atoms with Crippen LogP contribution >= 0.6 is 11.6 Å². The fourth-order valence-corrected chi connectivity index (χ4v) is 1.76. The summed E-state index contributed by atoms with van der Waals surface area (Å²) in [6, 6.07) is 4.32. The predicted molar refractivity (Wildman–Crippen MR) is 60.6 cm³/mol. The van der Waals surface area contributed by atoms with Crippen LogP contribution in [0.5, 0.6) is 0 Å². The van der Waals surface area contributed by atoms with Crippen molar-refractivity contribution in [1.29, 1.82) is 0 Å². The Morgan fingerprint density at radius 3 is 2.93 bits per heavy atom. The van der Waals surface area contributed by atoms with Crippen LogP contribution in [0.4, 0.5) is 0 Å². The molecule has 2 rings (SSSR count). The fraction of sp³-hybridized carbons (Fsp3) is 0.364. The van der Waals surface area contributed by atoms with Crippen molar-refractivity contribution < 1.29 is 0 Å². The van der Waals surface area contributed by atoms with E-state index in [1.165, 1.54) is 5.56 Å². The van der Waals surface area contributed by atoms with Crippen LogP contribution in [0.25, 0.3) is 0 Å². The minimum absolute atomic E-state index is 0.415. The van der Waals surface area contributed by atoms with Gasteiger partial charge in [-0.3, -0.25) is 0 Å². The van der Waals surface area contributed by atoms with Crippen LogP contribution in [0, 0.1) is 0 Å². The third-order valence-electron chi connectivity index (χ3n) is 2.25. The van der Waals surface area contributed by atoms with E-state index >= 15 is 0 Å². The molecule has 76 valence electrons. The quantitative estimate of drug-likeness (QED) is 0.526. The van der Waals surface area contributed by atoms with Gasteiger partial charge >= 0.3 is 0 Å². The Labute approximate surface area is 90.0 Å². The molecule has 1 aromatic rings. The number of hydrogen-bond donors (Lipinski definition) is 1. The average molecular weight is 211 g/mol. The zero-order chi connectivity index (χ0) is 10.6. The van der Waals surface area contributed by atoms with Gasteiger partial charge in [-0.2, -0.15) is 0 Å². The van der Waals surface area contributed by atoms with Gasteiger partial charge in [0.2, 0.25) is 0 Å². The first-order valence-corrected chi connectivity index (χ1v) is 5.04. The van der Waals surface area contributed by atoms with E-state index in [0.717, 1.165) is 18.7 Å². The molecule has 1 aromatic heterocycles. The van der Waals surface area contributed by atoms with E-state index in [2.05, 4.69) is 36.4 Å². The predicted octanol–water partition coefficient (Wildman–Crippen LogP) is 2.74. The lowest BCUT2D eigenvalue weighted by atomic mass is 10.0. The maximum absolute atomic E-state index is 5.79. The summed E-state index contributed by atoms with van der Waals surface area (Å²) >= 11 is 5.79. The zero-order valence-corrected chi connectivity index (χ0v) is 9.14. The third-order valence-corrected chi connectivity index (χ3v) is 2.46. The molecule has 0 spiro atoms. The second-order valence-corrected chi connectivity index (χ2v) is 3.48. The van der Waals surface area contributed by atoms with Crippen molar-refractivity contribution in [3.8, 4) is 0 Å². The maximum Gasteiger partial charge on any atom is 0.129 e. The Kier molecular flexibility index (Phi) is 4.11. The molecule has 0 fully saturated rings. The Balaban J connectivity index is 0.000000461. The number of halogens is 1. The van der Waals surface area contributed by atoms with Crippen LogP contribution in [-0.2, 0) is 6.42 Å². The standard InChI is InChI=1S/C9H11ClN2.C2H4/c1-6-7-2-3-9(10)12-8(7)4-5-11-6;1-2/h2-3,6,11H,4-5H2,1H3;1-2H2. The summed E-state index contributed by atoms with van der Waals surface area (Å²) in [6.07, 6.45) is 0.986. The average Bonchev–Trinajstić information content (AvgIpc) is 2.21. The molecule has 2 heterocycles. The molecule has 0 aliphatic carbocycles. The third kappa shape index (κ3) is 2.34. The lowest BCUT2D eigenvalue weighted by Crippen LogP contribution is -2.28. The fourth-order valence-electron chi connectivity index (χ4n) is 1.60. The summed E-state index contributed by atoms with van der Waals surface area (Å²) in [5.41, 5.74) is 2.43. The highest BCUT2D eigenvalue weighted by molar-refractivity contribution is 6.29. The van der Waals surface area contributed by atoms with Crippen molar-refractivity contribution in [2.24, 2.45) is 0 Å². The number of rotatable bonds is 0. The molecule has 1 N–H and O–H groups in total. The highest BCUT2D eigenvalue weighted by Crippen LogP contribution is 2.22. The molecule has 0 bridgehead atoms. The molecule has 0 aromatic carbocycles. The molecule has 2 nitrogen and oxygen atoms in total. The monoisotopic (exact) mass is 210 g/mol. The molecule has 14 heavy (non-hydrogen) atoms. The van der Waals surface area contributed by atoms with Gasteiger partial charge in [-0.1, -0.05) is 17.7 Å². The van der Waals surface area contributed by atoms with Crippen LogP contribution in [0.2, 0.25) is 5.15 Å². The molecule has 0 saturated heterocycles. The molecule has 0 saturated carbocycles. The Morgan fingerprint density at radius 1 is 1.50 bits per heavy atom. The first-order chi connectivity index (χ1) is 6.77. The molecule has 3 heteroatoms. The van der Waals surface area contributed by atoms with E-state index in [-0.39, 0.29) is 0 Å². The summed E-state index contributed by atoms with van der Waals surface area (Å²) in [5, 5.41) is 3.97. The van der Waals surface area contributed by atoms with Crippen LogP contribution < -0.4 is 5.32 Å². The number of aromatic nitrogens is 1. The molecular formula is C11H15ClN2. The molecule has 1 atom stereocenters. The van der Waals surface area contributed by atoms with E-state index in [1.54, 1.807) is 0 Å². The minimum atomic E-state index is 0.415.